The molecule has 2 saturated heterocycles. The molecule has 1 unspecified atom stereocenters. The molecule has 0 spiro atoms. The molecule has 1 atom stereocenters. The highest BCUT2D eigenvalue weighted by Gasteiger charge is 2.29. The Kier molecular flexibility index (Phi) is 5.57. The second-order valence-electron chi connectivity index (χ2n) is 5.47. The second-order valence-corrected chi connectivity index (χ2v) is 7.57. The van der Waals surface area contributed by atoms with Crippen LogP contribution < -0.4 is 0 Å². The van der Waals surface area contributed by atoms with Gasteiger partial charge in [-0.15, -0.1) is 11.3 Å². The highest BCUT2D eigenvalue weighted by Crippen LogP contribution is 2.21. The Morgan fingerprint density at radius 3 is 2.95 bits per heavy atom. The number of ether oxygens (including phenoxy) is 1. The first-order valence-corrected chi connectivity index (χ1v) is 9.60. The summed E-state index contributed by atoms with van der Waals surface area (Å²) in [6, 6.07) is 4.23. The maximum absolute atomic E-state index is 12.7. The number of thioether (sulfide) groups is 1. The van der Waals surface area contributed by atoms with E-state index in [1.54, 1.807) is 11.3 Å². The Balaban J connectivity index is 1.69. The van der Waals surface area contributed by atoms with Crippen molar-refractivity contribution in [3.8, 4) is 0 Å². The minimum absolute atomic E-state index is 0.214. The molecule has 4 nitrogen and oxygen atoms in total. The van der Waals surface area contributed by atoms with Crippen molar-refractivity contribution in [2.24, 2.45) is 0 Å². The van der Waals surface area contributed by atoms with Gasteiger partial charge in [-0.3, -0.25) is 9.69 Å². The van der Waals surface area contributed by atoms with E-state index in [4.69, 9.17) is 4.74 Å². The number of carbonyl (C=O) groups excluding carboxylic acids is 1. The molecule has 3 heterocycles. The standard InChI is InChI=1S/C15H22N2O2S2/c18-15(14-3-1-10-21-14)17-4-2-9-20-12-13(17)11-16-5-7-19-8-6-16/h1,3,10,13H,2,4-9,11-12H2. The molecule has 2 fully saturated rings. The van der Waals surface area contributed by atoms with Crippen LogP contribution in [0.2, 0.25) is 0 Å². The van der Waals surface area contributed by atoms with Crippen LogP contribution in [0.1, 0.15) is 16.1 Å². The first kappa shape index (κ1) is 15.3. The van der Waals surface area contributed by atoms with E-state index in [1.165, 1.54) is 0 Å². The molecule has 2 aliphatic rings. The quantitative estimate of drug-likeness (QED) is 0.851. The summed E-state index contributed by atoms with van der Waals surface area (Å²) in [5.74, 6) is 2.42. The molecule has 2 aliphatic heterocycles. The van der Waals surface area contributed by atoms with Gasteiger partial charge in [0, 0.05) is 31.9 Å². The van der Waals surface area contributed by atoms with Crippen molar-refractivity contribution in [3.63, 3.8) is 0 Å². The third-order valence-corrected chi connectivity index (χ3v) is 6.06. The van der Waals surface area contributed by atoms with E-state index in [-0.39, 0.29) is 5.91 Å². The van der Waals surface area contributed by atoms with Crippen molar-refractivity contribution in [3.05, 3.63) is 22.4 Å². The lowest BCUT2D eigenvalue weighted by atomic mass is 10.2. The molecule has 1 aromatic heterocycles. The zero-order valence-electron chi connectivity index (χ0n) is 12.2. The van der Waals surface area contributed by atoms with Crippen molar-refractivity contribution >= 4 is 29.0 Å². The molecule has 3 rings (SSSR count). The first-order chi connectivity index (χ1) is 10.3. The van der Waals surface area contributed by atoms with Crippen LogP contribution in [0.25, 0.3) is 0 Å². The highest BCUT2D eigenvalue weighted by atomic mass is 32.2. The van der Waals surface area contributed by atoms with Gasteiger partial charge in [-0.05, 0) is 23.6 Å². The van der Waals surface area contributed by atoms with Crippen LogP contribution in [0.3, 0.4) is 0 Å². The van der Waals surface area contributed by atoms with Crippen molar-refractivity contribution in [2.45, 2.75) is 12.5 Å². The average Bonchev–Trinajstić information content (AvgIpc) is 2.96. The van der Waals surface area contributed by atoms with Gasteiger partial charge in [-0.25, -0.2) is 0 Å². The minimum Gasteiger partial charge on any atom is -0.379 e. The van der Waals surface area contributed by atoms with E-state index in [0.717, 1.165) is 62.2 Å². The van der Waals surface area contributed by atoms with E-state index in [2.05, 4.69) is 9.80 Å². The smallest absolute Gasteiger partial charge is 0.264 e. The van der Waals surface area contributed by atoms with Crippen LogP contribution >= 0.6 is 23.1 Å². The Morgan fingerprint density at radius 2 is 2.19 bits per heavy atom. The van der Waals surface area contributed by atoms with Crippen molar-refractivity contribution in [2.75, 3.05) is 50.9 Å². The summed E-state index contributed by atoms with van der Waals surface area (Å²) >= 11 is 3.53. The number of rotatable bonds is 3. The largest absolute Gasteiger partial charge is 0.379 e. The van der Waals surface area contributed by atoms with Crippen molar-refractivity contribution in [1.29, 1.82) is 0 Å². The first-order valence-electron chi connectivity index (χ1n) is 7.57. The van der Waals surface area contributed by atoms with E-state index in [9.17, 15) is 4.79 Å². The van der Waals surface area contributed by atoms with Gasteiger partial charge in [0.2, 0.25) is 0 Å². The molecule has 21 heavy (non-hydrogen) atoms. The number of amides is 1. The topological polar surface area (TPSA) is 32.8 Å². The van der Waals surface area contributed by atoms with E-state index < -0.39 is 0 Å². The Hall–Kier alpha value is -0.560. The number of morpholine rings is 1. The Morgan fingerprint density at radius 1 is 1.33 bits per heavy atom. The van der Waals surface area contributed by atoms with Crippen LogP contribution in [-0.4, -0.2) is 72.6 Å². The SMILES string of the molecule is O=C(c1cccs1)N1CCCSCC1CN1CCOCC1. The van der Waals surface area contributed by atoms with Crippen molar-refractivity contribution in [1.82, 2.24) is 9.80 Å². The van der Waals surface area contributed by atoms with Gasteiger partial charge in [-0.2, -0.15) is 11.8 Å². The molecule has 0 radical (unpaired) electrons. The summed E-state index contributed by atoms with van der Waals surface area (Å²) in [6.07, 6.45) is 1.10. The zero-order valence-corrected chi connectivity index (χ0v) is 13.8. The van der Waals surface area contributed by atoms with E-state index in [0.29, 0.717) is 6.04 Å². The predicted octanol–water partition coefficient (Wildman–Crippen LogP) is 2.03. The monoisotopic (exact) mass is 326 g/mol. The predicted molar refractivity (Wildman–Crippen MR) is 88.3 cm³/mol. The fourth-order valence-electron chi connectivity index (χ4n) is 2.87. The van der Waals surface area contributed by atoms with E-state index in [1.807, 2.05) is 29.3 Å². The molecule has 0 bridgehead atoms. The lowest BCUT2D eigenvalue weighted by Crippen LogP contribution is -2.50. The summed E-state index contributed by atoms with van der Waals surface area (Å²) < 4.78 is 5.42. The molecule has 6 heteroatoms. The van der Waals surface area contributed by atoms with Gasteiger partial charge in [-0.1, -0.05) is 6.07 Å². The van der Waals surface area contributed by atoms with Gasteiger partial charge in [0.15, 0.2) is 0 Å². The number of nitrogens with zero attached hydrogens (tertiary/aromatic N) is 2. The van der Waals surface area contributed by atoms with Crippen molar-refractivity contribution < 1.29 is 9.53 Å². The summed E-state index contributed by atoms with van der Waals surface area (Å²) in [4.78, 5) is 18.2. The van der Waals surface area contributed by atoms with Gasteiger partial charge in [0.05, 0.1) is 24.1 Å². The van der Waals surface area contributed by atoms with Crippen LogP contribution in [-0.2, 0) is 4.74 Å². The van der Waals surface area contributed by atoms with Crippen LogP contribution in [0, 0.1) is 0 Å². The van der Waals surface area contributed by atoms with Gasteiger partial charge < -0.3 is 9.64 Å². The summed E-state index contributed by atoms with van der Waals surface area (Å²) in [5, 5.41) is 1.98. The average molecular weight is 326 g/mol. The number of hydrogen-bond donors (Lipinski definition) is 0. The zero-order chi connectivity index (χ0) is 14.5. The second kappa shape index (κ2) is 7.63. The van der Waals surface area contributed by atoms with E-state index >= 15 is 0 Å². The lowest BCUT2D eigenvalue weighted by Gasteiger charge is -2.35. The Bertz CT molecular complexity index is 447. The molecule has 1 aromatic rings. The molecule has 1 amide bonds. The number of carbonyl (C=O) groups is 1. The number of hydrogen-bond acceptors (Lipinski definition) is 5. The minimum atomic E-state index is 0.214. The molecule has 0 saturated carbocycles. The third-order valence-electron chi connectivity index (χ3n) is 4.00. The van der Waals surface area contributed by atoms with Gasteiger partial charge >= 0.3 is 0 Å². The molecule has 0 N–H and O–H groups in total. The lowest BCUT2D eigenvalue weighted by molar-refractivity contribution is 0.0246. The molecule has 0 aromatic carbocycles. The Labute approximate surface area is 134 Å². The number of thiophene rings is 1. The van der Waals surface area contributed by atoms with Crippen LogP contribution in [0.4, 0.5) is 0 Å². The van der Waals surface area contributed by atoms with Crippen LogP contribution in [0.5, 0.6) is 0 Å². The van der Waals surface area contributed by atoms with Gasteiger partial charge in [0.1, 0.15) is 0 Å². The molecular weight excluding hydrogens is 304 g/mol. The fourth-order valence-corrected chi connectivity index (χ4v) is 4.61. The normalized spacial score (nSPS) is 24.8. The highest BCUT2D eigenvalue weighted by molar-refractivity contribution is 7.99. The summed E-state index contributed by atoms with van der Waals surface area (Å²) in [5.41, 5.74) is 0. The van der Waals surface area contributed by atoms with Gasteiger partial charge in [0.25, 0.3) is 5.91 Å². The maximum atomic E-state index is 12.7. The summed E-state index contributed by atoms with van der Waals surface area (Å²) in [6.45, 7) is 5.48. The molecule has 0 aliphatic carbocycles. The van der Waals surface area contributed by atoms with Crippen LogP contribution in [0.15, 0.2) is 17.5 Å². The molecular formula is C15H22N2O2S2. The fraction of sp³-hybridized carbons (Fsp3) is 0.667. The maximum Gasteiger partial charge on any atom is 0.264 e. The summed E-state index contributed by atoms with van der Waals surface area (Å²) in [7, 11) is 0. The third kappa shape index (κ3) is 4.00. The molecule has 116 valence electrons.